The Morgan fingerprint density at radius 3 is 2.84 bits per heavy atom. The molecule has 1 aromatic carbocycles. The van der Waals surface area contributed by atoms with Crippen LogP contribution >= 0.6 is 27.5 Å². The summed E-state index contributed by atoms with van der Waals surface area (Å²) >= 11 is 9.34. The first kappa shape index (κ1) is 14.0. The maximum atomic E-state index is 12.2. The normalized spacial score (nSPS) is 10.3. The fraction of sp³-hybridized carbons (Fsp3) is 0.143. The Hall–Kier alpha value is -1.39. The van der Waals surface area contributed by atoms with Crippen molar-refractivity contribution in [2.75, 3.05) is 7.05 Å². The second kappa shape index (κ2) is 6.17. The highest BCUT2D eigenvalue weighted by molar-refractivity contribution is 9.10. The van der Waals surface area contributed by atoms with Gasteiger partial charge in [-0.3, -0.25) is 4.79 Å². The molecule has 0 fully saturated rings. The molecule has 0 saturated heterocycles. The maximum Gasteiger partial charge on any atom is 0.257 e. The third-order valence-electron chi connectivity index (χ3n) is 2.64. The molecule has 3 nitrogen and oxygen atoms in total. The standard InChI is InChI=1S/C14H12BrClN2O/c1-18(9-10-4-2-5-11(15)8-10)14(19)12-6-3-7-17-13(12)16/h2-8H,9H2,1H3. The molecular formula is C14H12BrClN2O. The lowest BCUT2D eigenvalue weighted by atomic mass is 10.2. The van der Waals surface area contributed by atoms with Crippen LogP contribution in [0, 0.1) is 0 Å². The van der Waals surface area contributed by atoms with Crippen LogP contribution in [0.4, 0.5) is 0 Å². The van der Waals surface area contributed by atoms with Gasteiger partial charge >= 0.3 is 0 Å². The molecule has 2 rings (SSSR count). The van der Waals surface area contributed by atoms with Crippen LogP contribution in [0.1, 0.15) is 15.9 Å². The quantitative estimate of drug-likeness (QED) is 0.798. The molecule has 0 radical (unpaired) electrons. The molecule has 1 heterocycles. The molecule has 1 amide bonds. The van der Waals surface area contributed by atoms with Gasteiger partial charge in [0.25, 0.3) is 5.91 Å². The summed E-state index contributed by atoms with van der Waals surface area (Å²) in [4.78, 5) is 17.8. The molecule has 0 bridgehead atoms. The Morgan fingerprint density at radius 2 is 2.16 bits per heavy atom. The van der Waals surface area contributed by atoms with Crippen molar-refractivity contribution in [3.8, 4) is 0 Å². The topological polar surface area (TPSA) is 33.2 Å². The molecule has 98 valence electrons. The molecule has 0 aliphatic heterocycles. The van der Waals surface area contributed by atoms with Crippen LogP contribution in [-0.2, 0) is 6.54 Å². The zero-order chi connectivity index (χ0) is 13.8. The van der Waals surface area contributed by atoms with E-state index in [1.54, 1.807) is 30.3 Å². The van der Waals surface area contributed by atoms with Gasteiger partial charge in [-0.15, -0.1) is 0 Å². The lowest BCUT2D eigenvalue weighted by Crippen LogP contribution is -2.26. The Balaban J connectivity index is 2.14. The molecule has 0 unspecified atom stereocenters. The molecule has 1 aromatic heterocycles. The van der Waals surface area contributed by atoms with Crippen LogP contribution in [0.25, 0.3) is 0 Å². The van der Waals surface area contributed by atoms with E-state index in [1.807, 2.05) is 24.3 Å². The van der Waals surface area contributed by atoms with Crippen LogP contribution in [0.2, 0.25) is 5.15 Å². The fourth-order valence-electron chi connectivity index (χ4n) is 1.73. The summed E-state index contributed by atoms with van der Waals surface area (Å²) in [5.74, 6) is -0.141. The SMILES string of the molecule is CN(Cc1cccc(Br)c1)C(=O)c1cccnc1Cl. The lowest BCUT2D eigenvalue weighted by molar-refractivity contribution is 0.0785. The molecule has 0 aliphatic carbocycles. The van der Waals surface area contributed by atoms with Gasteiger partial charge in [-0.2, -0.15) is 0 Å². The number of nitrogens with zero attached hydrogens (tertiary/aromatic N) is 2. The molecule has 0 atom stereocenters. The van der Waals surface area contributed by atoms with E-state index in [2.05, 4.69) is 20.9 Å². The zero-order valence-electron chi connectivity index (χ0n) is 10.3. The summed E-state index contributed by atoms with van der Waals surface area (Å²) in [5, 5.41) is 0.230. The molecule has 0 spiro atoms. The number of rotatable bonds is 3. The van der Waals surface area contributed by atoms with Gasteiger partial charge in [0, 0.05) is 24.3 Å². The molecule has 0 saturated carbocycles. The van der Waals surface area contributed by atoms with Crippen LogP contribution in [-0.4, -0.2) is 22.8 Å². The summed E-state index contributed by atoms with van der Waals surface area (Å²) in [6, 6.07) is 11.2. The Kier molecular flexibility index (Phi) is 4.56. The van der Waals surface area contributed by atoms with Crippen LogP contribution in [0.15, 0.2) is 47.1 Å². The monoisotopic (exact) mass is 338 g/mol. The molecule has 0 N–H and O–H groups in total. The van der Waals surface area contributed by atoms with E-state index in [-0.39, 0.29) is 11.1 Å². The molecule has 19 heavy (non-hydrogen) atoms. The van der Waals surface area contributed by atoms with Crippen molar-refractivity contribution < 1.29 is 4.79 Å². The zero-order valence-corrected chi connectivity index (χ0v) is 12.6. The highest BCUT2D eigenvalue weighted by atomic mass is 79.9. The number of carbonyl (C=O) groups is 1. The first-order valence-corrected chi connectivity index (χ1v) is 6.85. The van der Waals surface area contributed by atoms with Crippen molar-refractivity contribution in [1.29, 1.82) is 0 Å². The summed E-state index contributed by atoms with van der Waals surface area (Å²) in [5.41, 5.74) is 1.46. The number of pyridine rings is 1. The first-order valence-electron chi connectivity index (χ1n) is 5.68. The smallest absolute Gasteiger partial charge is 0.257 e. The third kappa shape index (κ3) is 3.55. The van der Waals surface area contributed by atoms with E-state index >= 15 is 0 Å². The minimum absolute atomic E-state index is 0.141. The minimum atomic E-state index is -0.141. The average Bonchev–Trinajstić information content (AvgIpc) is 2.38. The summed E-state index contributed by atoms with van der Waals surface area (Å²) in [6.07, 6.45) is 1.56. The third-order valence-corrected chi connectivity index (χ3v) is 3.44. The van der Waals surface area contributed by atoms with Gasteiger partial charge in [-0.25, -0.2) is 4.98 Å². The predicted octanol–water partition coefficient (Wildman–Crippen LogP) is 3.77. The van der Waals surface area contributed by atoms with E-state index < -0.39 is 0 Å². The average molecular weight is 340 g/mol. The number of aromatic nitrogens is 1. The van der Waals surface area contributed by atoms with E-state index in [0.29, 0.717) is 12.1 Å². The van der Waals surface area contributed by atoms with Crippen molar-refractivity contribution in [3.63, 3.8) is 0 Å². The summed E-state index contributed by atoms with van der Waals surface area (Å²) < 4.78 is 0.991. The maximum absolute atomic E-state index is 12.2. The van der Waals surface area contributed by atoms with Crippen molar-refractivity contribution in [2.45, 2.75) is 6.54 Å². The number of carbonyl (C=O) groups excluding carboxylic acids is 1. The lowest BCUT2D eigenvalue weighted by Gasteiger charge is -2.17. The largest absolute Gasteiger partial charge is 0.337 e. The summed E-state index contributed by atoms with van der Waals surface area (Å²) in [7, 11) is 1.74. The second-order valence-electron chi connectivity index (χ2n) is 4.13. The number of hydrogen-bond donors (Lipinski definition) is 0. The van der Waals surface area contributed by atoms with E-state index in [9.17, 15) is 4.79 Å². The highest BCUT2D eigenvalue weighted by Crippen LogP contribution is 2.17. The van der Waals surface area contributed by atoms with Crippen LogP contribution in [0.5, 0.6) is 0 Å². The summed E-state index contributed by atoms with van der Waals surface area (Å²) in [6.45, 7) is 0.517. The van der Waals surface area contributed by atoms with Gasteiger partial charge in [0.05, 0.1) is 5.56 Å². The molecular weight excluding hydrogens is 328 g/mol. The van der Waals surface area contributed by atoms with Gasteiger partial charge in [0.1, 0.15) is 5.15 Å². The van der Waals surface area contributed by atoms with Gasteiger partial charge in [-0.05, 0) is 29.8 Å². The van der Waals surface area contributed by atoms with Crippen LogP contribution < -0.4 is 0 Å². The van der Waals surface area contributed by atoms with E-state index in [1.165, 1.54) is 0 Å². The van der Waals surface area contributed by atoms with E-state index in [0.717, 1.165) is 10.0 Å². The van der Waals surface area contributed by atoms with E-state index in [4.69, 9.17) is 11.6 Å². The van der Waals surface area contributed by atoms with Crippen molar-refractivity contribution in [3.05, 3.63) is 63.3 Å². The fourth-order valence-corrected chi connectivity index (χ4v) is 2.38. The van der Waals surface area contributed by atoms with Gasteiger partial charge in [0.2, 0.25) is 0 Å². The van der Waals surface area contributed by atoms with Crippen LogP contribution in [0.3, 0.4) is 0 Å². The Bertz CT molecular complexity index is 604. The van der Waals surface area contributed by atoms with Gasteiger partial charge in [0.15, 0.2) is 0 Å². The number of amides is 1. The second-order valence-corrected chi connectivity index (χ2v) is 5.41. The number of benzene rings is 1. The Morgan fingerprint density at radius 1 is 1.37 bits per heavy atom. The highest BCUT2D eigenvalue weighted by Gasteiger charge is 2.15. The predicted molar refractivity (Wildman–Crippen MR) is 79.2 cm³/mol. The number of hydrogen-bond acceptors (Lipinski definition) is 2. The van der Waals surface area contributed by atoms with Crippen molar-refractivity contribution in [1.82, 2.24) is 9.88 Å². The Labute approximate surface area is 125 Å². The van der Waals surface area contributed by atoms with Crippen molar-refractivity contribution >= 4 is 33.4 Å². The molecule has 0 aliphatic rings. The number of halogens is 2. The molecule has 5 heteroatoms. The first-order chi connectivity index (χ1) is 9.08. The molecule has 2 aromatic rings. The van der Waals surface area contributed by atoms with Gasteiger partial charge < -0.3 is 4.90 Å². The van der Waals surface area contributed by atoms with Crippen molar-refractivity contribution in [2.24, 2.45) is 0 Å². The van der Waals surface area contributed by atoms with Gasteiger partial charge in [-0.1, -0.05) is 39.7 Å². The minimum Gasteiger partial charge on any atom is -0.337 e.